The van der Waals surface area contributed by atoms with Gasteiger partial charge in [-0.25, -0.2) is 0 Å². The van der Waals surface area contributed by atoms with Crippen LogP contribution in [0.5, 0.6) is 5.75 Å². The van der Waals surface area contributed by atoms with E-state index in [0.29, 0.717) is 23.9 Å². The average Bonchev–Trinajstić information content (AvgIpc) is 3.63. The minimum absolute atomic E-state index is 0.101. The molecule has 5 rings (SSSR count). The van der Waals surface area contributed by atoms with Crippen LogP contribution in [0.4, 0.5) is 0 Å². The molecule has 2 heterocycles. The van der Waals surface area contributed by atoms with Crippen molar-refractivity contribution in [2.24, 2.45) is 0 Å². The second-order valence-corrected chi connectivity index (χ2v) is 9.10. The van der Waals surface area contributed by atoms with Crippen LogP contribution in [0.2, 0.25) is 0 Å². The zero-order chi connectivity index (χ0) is 24.9. The van der Waals surface area contributed by atoms with E-state index in [0.717, 1.165) is 35.5 Å². The van der Waals surface area contributed by atoms with E-state index in [1.807, 2.05) is 55.5 Å². The number of amides is 1. The lowest BCUT2D eigenvalue weighted by Gasteiger charge is -2.28. The fraction of sp³-hybridized carbons (Fsp3) is 0.276. The molecular weight excluding hydrogens is 452 g/mol. The number of benzene rings is 3. The lowest BCUT2D eigenvalue weighted by atomic mass is 10.0. The molecule has 0 radical (unpaired) electrons. The second kappa shape index (κ2) is 10.7. The first-order chi connectivity index (χ1) is 17.6. The van der Waals surface area contributed by atoms with Crippen molar-refractivity contribution in [3.63, 3.8) is 0 Å². The zero-order valence-electron chi connectivity index (χ0n) is 20.6. The number of rotatable bonds is 8. The number of aromatic nitrogens is 2. The summed E-state index contributed by atoms with van der Waals surface area (Å²) in [6.07, 6.45) is 2.36. The maximum absolute atomic E-state index is 13.0. The normalized spacial score (nSPS) is 14.5. The molecule has 1 amide bonds. The molecule has 0 spiro atoms. The smallest absolute Gasteiger partial charge is 0.251 e. The van der Waals surface area contributed by atoms with Crippen molar-refractivity contribution in [1.29, 1.82) is 0 Å². The molecule has 1 aromatic heterocycles. The molecule has 1 N–H and O–H groups in total. The largest absolute Gasteiger partial charge is 0.497 e. The third-order valence-corrected chi connectivity index (χ3v) is 6.63. The number of nitrogens with one attached hydrogen (secondary N) is 1. The van der Waals surface area contributed by atoms with E-state index in [9.17, 15) is 4.79 Å². The number of methoxy groups -OCH3 is 1. The molecule has 1 atom stereocenters. The van der Waals surface area contributed by atoms with Crippen molar-refractivity contribution in [2.45, 2.75) is 25.8 Å². The molecule has 1 saturated heterocycles. The molecule has 36 heavy (non-hydrogen) atoms. The van der Waals surface area contributed by atoms with Crippen LogP contribution in [-0.2, 0) is 0 Å². The monoisotopic (exact) mass is 482 g/mol. The molecule has 1 aliphatic rings. The average molecular weight is 483 g/mol. The molecule has 1 fully saturated rings. The molecule has 7 nitrogen and oxygen atoms in total. The van der Waals surface area contributed by atoms with Gasteiger partial charge < -0.3 is 14.5 Å². The first-order valence-electron chi connectivity index (χ1n) is 12.3. The molecule has 1 aliphatic heterocycles. The van der Waals surface area contributed by atoms with Crippen LogP contribution >= 0.6 is 0 Å². The molecule has 3 aromatic carbocycles. The topological polar surface area (TPSA) is 80.5 Å². The summed E-state index contributed by atoms with van der Waals surface area (Å²) in [5.74, 6) is 1.60. The fourth-order valence-corrected chi connectivity index (χ4v) is 4.57. The van der Waals surface area contributed by atoms with Gasteiger partial charge in [0.2, 0.25) is 11.8 Å². The van der Waals surface area contributed by atoms with E-state index < -0.39 is 0 Å². The SMILES string of the molecule is COc1cccc(C(CNC(=O)c2ccc(-c3nnc(-c4ccc(C)cc4)o3)cc2)N2CCCC2)c1. The lowest BCUT2D eigenvalue weighted by Crippen LogP contribution is -2.36. The number of hydrogen-bond donors (Lipinski definition) is 1. The summed E-state index contributed by atoms with van der Waals surface area (Å²) < 4.78 is 11.3. The van der Waals surface area contributed by atoms with Gasteiger partial charge in [-0.3, -0.25) is 9.69 Å². The predicted molar refractivity (Wildman–Crippen MR) is 139 cm³/mol. The van der Waals surface area contributed by atoms with Gasteiger partial charge in [0, 0.05) is 23.2 Å². The highest BCUT2D eigenvalue weighted by Gasteiger charge is 2.24. The van der Waals surface area contributed by atoms with Crippen molar-refractivity contribution >= 4 is 5.91 Å². The van der Waals surface area contributed by atoms with Gasteiger partial charge in [0.05, 0.1) is 13.2 Å². The number of aryl methyl sites for hydroxylation is 1. The van der Waals surface area contributed by atoms with E-state index >= 15 is 0 Å². The Morgan fingerprint density at radius 1 is 0.972 bits per heavy atom. The number of carbonyl (C=O) groups excluding carboxylic acids is 1. The van der Waals surface area contributed by atoms with Gasteiger partial charge in [0.15, 0.2) is 0 Å². The Kier molecular flexibility index (Phi) is 7.09. The minimum atomic E-state index is -0.112. The number of carbonyl (C=O) groups is 1. The molecule has 0 saturated carbocycles. The minimum Gasteiger partial charge on any atom is -0.497 e. The lowest BCUT2D eigenvalue weighted by molar-refractivity contribution is 0.0938. The van der Waals surface area contributed by atoms with Crippen molar-refractivity contribution < 1.29 is 13.9 Å². The van der Waals surface area contributed by atoms with Gasteiger partial charge in [0.1, 0.15) is 5.75 Å². The van der Waals surface area contributed by atoms with Crippen molar-refractivity contribution in [2.75, 3.05) is 26.7 Å². The molecule has 7 heteroatoms. The second-order valence-electron chi connectivity index (χ2n) is 9.10. The van der Waals surface area contributed by atoms with Crippen LogP contribution in [0.15, 0.2) is 77.2 Å². The van der Waals surface area contributed by atoms with Crippen LogP contribution in [0, 0.1) is 6.92 Å². The number of nitrogens with zero attached hydrogens (tertiary/aromatic N) is 3. The Hall–Kier alpha value is -3.97. The highest BCUT2D eigenvalue weighted by atomic mass is 16.5. The summed E-state index contributed by atoms with van der Waals surface area (Å²) in [6.45, 7) is 4.62. The van der Waals surface area contributed by atoms with Gasteiger partial charge in [-0.2, -0.15) is 0 Å². The van der Waals surface area contributed by atoms with Gasteiger partial charge in [0.25, 0.3) is 5.91 Å². The third-order valence-electron chi connectivity index (χ3n) is 6.63. The van der Waals surface area contributed by atoms with Crippen LogP contribution in [0.25, 0.3) is 22.9 Å². The zero-order valence-corrected chi connectivity index (χ0v) is 20.6. The summed E-state index contributed by atoms with van der Waals surface area (Å²) in [6, 6.07) is 23.4. The van der Waals surface area contributed by atoms with Crippen LogP contribution in [-0.4, -0.2) is 47.7 Å². The van der Waals surface area contributed by atoms with Crippen LogP contribution in [0.3, 0.4) is 0 Å². The van der Waals surface area contributed by atoms with Gasteiger partial charge in [-0.05, 0) is 86.9 Å². The molecular formula is C29H30N4O3. The molecule has 1 unspecified atom stereocenters. The first-order valence-corrected chi connectivity index (χ1v) is 12.3. The highest BCUT2D eigenvalue weighted by Crippen LogP contribution is 2.28. The predicted octanol–water partition coefficient (Wildman–Crippen LogP) is 5.29. The van der Waals surface area contributed by atoms with Crippen LogP contribution in [0.1, 0.15) is 40.4 Å². The van der Waals surface area contributed by atoms with Crippen molar-refractivity contribution in [3.8, 4) is 28.7 Å². The Morgan fingerprint density at radius 2 is 1.61 bits per heavy atom. The van der Waals surface area contributed by atoms with Gasteiger partial charge in [-0.1, -0.05) is 29.8 Å². The summed E-state index contributed by atoms with van der Waals surface area (Å²) in [4.78, 5) is 15.4. The molecule has 0 aliphatic carbocycles. The number of ether oxygens (including phenoxy) is 1. The Balaban J connectivity index is 1.26. The molecule has 4 aromatic rings. The summed E-state index contributed by atoms with van der Waals surface area (Å²) in [5, 5.41) is 11.5. The van der Waals surface area contributed by atoms with Crippen LogP contribution < -0.4 is 10.1 Å². The fourth-order valence-electron chi connectivity index (χ4n) is 4.57. The Labute approximate surface area is 211 Å². The summed E-state index contributed by atoms with van der Waals surface area (Å²) in [5.41, 5.74) is 4.54. The van der Waals surface area contributed by atoms with E-state index in [1.165, 1.54) is 18.4 Å². The summed E-state index contributed by atoms with van der Waals surface area (Å²) in [7, 11) is 1.67. The Bertz CT molecular complexity index is 1310. The standard InChI is InChI=1S/C29H30N4O3/c1-20-8-10-22(11-9-20)28-31-32-29(36-28)23-14-12-21(13-15-23)27(34)30-19-26(33-16-3-4-17-33)24-6-5-7-25(18-24)35-2/h5-15,18,26H,3-4,16-17,19H2,1-2H3,(H,30,34). The van der Waals surface area contributed by atoms with E-state index in [-0.39, 0.29) is 11.9 Å². The van der Waals surface area contributed by atoms with E-state index in [4.69, 9.17) is 9.15 Å². The number of hydrogen-bond acceptors (Lipinski definition) is 6. The quantitative estimate of drug-likeness (QED) is 0.368. The van der Waals surface area contributed by atoms with Crippen molar-refractivity contribution in [1.82, 2.24) is 20.4 Å². The number of likely N-dealkylation sites (tertiary alicyclic amines) is 1. The third kappa shape index (κ3) is 5.31. The maximum Gasteiger partial charge on any atom is 0.251 e. The van der Waals surface area contributed by atoms with Gasteiger partial charge in [-0.15, -0.1) is 10.2 Å². The Morgan fingerprint density at radius 3 is 2.25 bits per heavy atom. The molecule has 0 bridgehead atoms. The van der Waals surface area contributed by atoms with Crippen molar-refractivity contribution in [3.05, 3.63) is 89.5 Å². The van der Waals surface area contributed by atoms with E-state index in [1.54, 1.807) is 19.2 Å². The highest BCUT2D eigenvalue weighted by molar-refractivity contribution is 5.94. The first kappa shape index (κ1) is 23.8. The molecule has 184 valence electrons. The maximum atomic E-state index is 13.0. The summed E-state index contributed by atoms with van der Waals surface area (Å²) >= 11 is 0. The van der Waals surface area contributed by atoms with E-state index in [2.05, 4.69) is 32.5 Å². The van der Waals surface area contributed by atoms with Gasteiger partial charge >= 0.3 is 0 Å².